The van der Waals surface area contributed by atoms with Crippen molar-refractivity contribution in [1.29, 1.82) is 0 Å². The van der Waals surface area contributed by atoms with E-state index in [0.717, 1.165) is 74.0 Å². The molecule has 0 radical (unpaired) electrons. The lowest BCUT2D eigenvalue weighted by Gasteiger charge is -2.48. The number of carbonyl (C=O) groups excluding carboxylic acids is 5. The summed E-state index contributed by atoms with van der Waals surface area (Å²) in [5.41, 5.74) is 4.74. The molecule has 0 spiro atoms. The van der Waals surface area contributed by atoms with Crippen molar-refractivity contribution in [3.05, 3.63) is 177 Å². The molecule has 101 heavy (non-hydrogen) atoms. The SMILES string of the molecule is COC(=O)c1ccc2[nH]ccc2c1.COC(=O)c1ccc2c(ccn2CC(F)F)c1.FC(F)(F)CI.O=C(O)c1ccc2c(ccn2CC(F)F)c1.O=C(c1ccc2c(ccn2CC(F)F)c1)N1CC(N2CCN(C(=O)c3nccs3)CC2)C1.O=C(c1nccs1)N1CCN(C2CNC2)CC1. The molecule has 538 valence electrons. The fourth-order valence-corrected chi connectivity index (χ4v) is 12.6. The Kier molecular flexibility index (Phi) is 26.9. The topological polar surface area (TPSA) is 226 Å². The number of amides is 3. The number of aromatic carboxylic acids is 1. The number of piperazine rings is 2. The van der Waals surface area contributed by atoms with Gasteiger partial charge in [-0.15, -0.1) is 22.7 Å². The summed E-state index contributed by atoms with van der Waals surface area (Å²) in [7, 11) is 2.68. The van der Waals surface area contributed by atoms with Crippen LogP contribution < -0.4 is 5.32 Å². The number of H-pyrrole nitrogens is 1. The molecular weight excluding hydrogens is 1490 g/mol. The number of hydrogen-bond donors (Lipinski definition) is 3. The average molecular weight is 1560 g/mol. The van der Waals surface area contributed by atoms with Gasteiger partial charge in [-0.1, -0.05) is 22.6 Å². The molecule has 4 fully saturated rings. The van der Waals surface area contributed by atoms with Crippen LogP contribution in [-0.2, 0) is 29.1 Å². The number of hydrogen-bond acceptors (Lipinski definition) is 15. The second-order valence-corrected chi connectivity index (χ2v) is 25.8. The number of esters is 2. The molecule has 4 aliphatic rings. The van der Waals surface area contributed by atoms with E-state index in [0.29, 0.717) is 86.9 Å². The highest BCUT2D eigenvalue weighted by Gasteiger charge is 2.38. The van der Waals surface area contributed by atoms with E-state index in [1.54, 1.807) is 103 Å². The van der Waals surface area contributed by atoms with Crippen LogP contribution in [-0.4, -0.2) is 229 Å². The minimum absolute atomic E-state index is 0.0113. The third kappa shape index (κ3) is 20.7. The number of halogens is 10. The predicted molar refractivity (Wildman–Crippen MR) is 372 cm³/mol. The molecule has 0 unspecified atom stereocenters. The quantitative estimate of drug-likeness (QED) is 0.0399. The van der Waals surface area contributed by atoms with Gasteiger partial charge in [-0.25, -0.2) is 50.7 Å². The van der Waals surface area contributed by atoms with Crippen molar-refractivity contribution < 1.29 is 82.9 Å². The summed E-state index contributed by atoms with van der Waals surface area (Å²) in [4.78, 5) is 92.1. The van der Waals surface area contributed by atoms with Crippen molar-refractivity contribution in [2.24, 2.45) is 0 Å². The minimum atomic E-state index is -3.97. The standard InChI is InChI=1S/C22H23F2N5O2S.C12H11F2NO2.C11H9F2NO2.C11H16N4OS.C10H9NO2.C2H2F3I/c23-19(24)14-28-5-3-15-11-16(1-2-18(15)28)21(30)29-12-17(13-29)26-6-8-27(9-7-26)22(31)20-25-4-10-32-20;1-17-12(16)9-2-3-10-8(6-9)4-5-15(10)7-11(13)14;12-10(13)6-14-4-3-7-5-8(11(15)16)1-2-9(7)14;16-11(10-13-1-6-17-10)15-4-2-14(3-5-15)9-7-12-8-9;1-13-10(12)8-2-3-9-7(6-8)4-5-11-9;3-2(4,5)1-6/h1-5,10-11,17,19H,6-9,12-14H2;2-6,11H,7H2,1H3;1-5,10H,6H2,(H,15,16);1,6,9,12H,2-5,7-8H2;2-6,11H,1H3;1H2. The van der Waals surface area contributed by atoms with E-state index in [4.69, 9.17) is 5.11 Å². The molecule has 10 aromatic rings. The number of nitrogens with zero attached hydrogens (tertiary/aromatic N) is 10. The lowest BCUT2D eigenvalue weighted by atomic mass is 10.0. The normalized spacial score (nSPS) is 15.1. The number of aromatic amines is 1. The number of carbonyl (C=O) groups is 6. The third-order valence-corrected chi connectivity index (χ3v) is 19.1. The van der Waals surface area contributed by atoms with Crippen LogP contribution in [0, 0.1) is 0 Å². The van der Waals surface area contributed by atoms with Crippen LogP contribution >= 0.6 is 45.3 Å². The molecule has 21 nitrogen and oxygen atoms in total. The number of likely N-dealkylation sites (tertiary alicyclic amines) is 1. The number of fused-ring (bicyclic) bond motifs is 4. The Morgan fingerprint density at radius 2 is 0.931 bits per heavy atom. The first-order valence-corrected chi connectivity index (χ1v) is 34.8. The van der Waals surface area contributed by atoms with E-state index >= 15 is 0 Å². The van der Waals surface area contributed by atoms with Crippen molar-refractivity contribution in [1.82, 2.24) is 58.5 Å². The van der Waals surface area contributed by atoms with Gasteiger partial charge in [-0.05, 0) is 97.1 Å². The summed E-state index contributed by atoms with van der Waals surface area (Å²) >= 11 is 4.05. The lowest BCUT2D eigenvalue weighted by molar-refractivity contribution is -0.102. The van der Waals surface area contributed by atoms with E-state index in [1.165, 1.54) is 91.5 Å². The monoisotopic (exact) mass is 1560 g/mol. The summed E-state index contributed by atoms with van der Waals surface area (Å²) < 4.78 is 120. The van der Waals surface area contributed by atoms with Crippen molar-refractivity contribution in [2.75, 3.05) is 97.2 Å². The summed E-state index contributed by atoms with van der Waals surface area (Å²) in [6.07, 6.45) is -1.30. The van der Waals surface area contributed by atoms with E-state index < -0.39 is 41.8 Å². The molecule has 0 atom stereocenters. The maximum Gasteiger partial charge on any atom is 0.397 e. The number of aromatic nitrogens is 6. The molecule has 3 amide bonds. The number of carboxylic acid groups (broad SMARTS) is 1. The molecule has 6 aromatic heterocycles. The molecule has 10 heterocycles. The second-order valence-electron chi connectivity index (χ2n) is 23.2. The number of benzene rings is 4. The molecule has 4 aromatic carbocycles. The van der Waals surface area contributed by atoms with Crippen molar-refractivity contribution in [2.45, 2.75) is 57.2 Å². The Bertz CT molecular complexity index is 4390. The van der Waals surface area contributed by atoms with Crippen LogP contribution in [0.25, 0.3) is 43.6 Å². The van der Waals surface area contributed by atoms with E-state index in [-0.39, 0.29) is 48.9 Å². The van der Waals surface area contributed by atoms with Crippen molar-refractivity contribution in [3.8, 4) is 0 Å². The first-order valence-electron chi connectivity index (χ1n) is 31.5. The van der Waals surface area contributed by atoms with E-state index in [1.807, 2.05) is 38.4 Å². The Labute approximate surface area is 594 Å². The molecular formula is C68H70F9IN12O9S2. The zero-order valence-electron chi connectivity index (χ0n) is 54.3. The summed E-state index contributed by atoms with van der Waals surface area (Å²) in [6.45, 7) is 8.96. The van der Waals surface area contributed by atoms with Crippen LogP contribution in [0.3, 0.4) is 0 Å². The summed E-state index contributed by atoms with van der Waals surface area (Å²) in [6, 6.07) is 27.9. The van der Waals surface area contributed by atoms with Crippen LogP contribution in [0.1, 0.15) is 61.0 Å². The highest BCUT2D eigenvalue weighted by Crippen LogP contribution is 2.26. The van der Waals surface area contributed by atoms with Gasteiger partial charge in [0, 0.05) is 188 Å². The Morgan fingerprint density at radius 1 is 0.535 bits per heavy atom. The van der Waals surface area contributed by atoms with Gasteiger partial charge in [-0.2, -0.15) is 13.2 Å². The molecule has 4 saturated heterocycles. The number of rotatable bonds is 14. The molecule has 0 saturated carbocycles. The number of nitrogens with one attached hydrogen (secondary N) is 2. The zero-order valence-corrected chi connectivity index (χ0v) is 58.1. The van der Waals surface area contributed by atoms with Gasteiger partial charge in [0.2, 0.25) is 0 Å². The van der Waals surface area contributed by atoms with Crippen molar-refractivity contribution >= 4 is 125 Å². The number of thiazole rings is 2. The fourth-order valence-electron chi connectivity index (χ4n) is 11.4. The first kappa shape index (κ1) is 76.3. The molecule has 33 heteroatoms. The van der Waals surface area contributed by atoms with Crippen LogP contribution in [0.2, 0.25) is 0 Å². The lowest BCUT2D eigenvalue weighted by Crippen LogP contribution is -2.64. The predicted octanol–water partition coefficient (Wildman–Crippen LogP) is 11.8. The Hall–Kier alpha value is -8.90. The summed E-state index contributed by atoms with van der Waals surface area (Å²) in [5.74, 6) is -1.73. The Morgan fingerprint density at radius 3 is 1.32 bits per heavy atom. The maximum absolute atomic E-state index is 12.9. The molecule has 3 N–H and O–H groups in total. The third-order valence-electron chi connectivity index (χ3n) is 16.7. The summed E-state index contributed by atoms with van der Waals surface area (Å²) in [5, 5.41) is 20.1. The number of alkyl halides is 10. The molecule has 14 rings (SSSR count). The zero-order chi connectivity index (χ0) is 72.5. The minimum Gasteiger partial charge on any atom is -0.478 e. The van der Waals surface area contributed by atoms with Crippen molar-refractivity contribution in [3.63, 3.8) is 0 Å². The van der Waals surface area contributed by atoms with Crippen LogP contribution in [0.4, 0.5) is 39.5 Å². The maximum atomic E-state index is 12.9. The number of methoxy groups -OCH3 is 2. The van der Waals surface area contributed by atoms with Crippen LogP contribution in [0.15, 0.2) is 145 Å². The number of ether oxygens (including phenoxy) is 2. The van der Waals surface area contributed by atoms with E-state index in [9.17, 15) is 68.3 Å². The highest BCUT2D eigenvalue weighted by molar-refractivity contribution is 14.1. The smallest absolute Gasteiger partial charge is 0.397 e. The molecule has 0 aliphatic carbocycles. The van der Waals surface area contributed by atoms with Gasteiger partial charge in [0.05, 0.1) is 55.0 Å². The Balaban J connectivity index is 0.000000150. The number of carboxylic acids is 1. The highest BCUT2D eigenvalue weighted by atomic mass is 127. The first-order chi connectivity index (χ1) is 48.4. The van der Waals surface area contributed by atoms with Gasteiger partial charge in [-0.3, -0.25) is 24.2 Å². The molecule has 0 bridgehead atoms. The van der Waals surface area contributed by atoms with Gasteiger partial charge >= 0.3 is 24.1 Å². The molecule has 4 aliphatic heterocycles. The fraction of sp³-hybridized carbons (Fsp3) is 0.353. The van der Waals surface area contributed by atoms with Gasteiger partial charge < -0.3 is 53.3 Å². The van der Waals surface area contributed by atoms with Gasteiger partial charge in [0.15, 0.2) is 10.0 Å². The van der Waals surface area contributed by atoms with E-state index in [2.05, 4.69) is 39.5 Å². The van der Waals surface area contributed by atoms with Gasteiger partial charge in [0.25, 0.3) is 37.0 Å². The average Bonchev–Trinajstić information content (AvgIpc) is 1.80. The largest absolute Gasteiger partial charge is 0.478 e. The second kappa shape index (κ2) is 35.6. The van der Waals surface area contributed by atoms with Crippen LogP contribution in [0.5, 0.6) is 0 Å². The van der Waals surface area contributed by atoms with Gasteiger partial charge in [0.1, 0.15) is 0 Å².